The molecule has 1 N–H and O–H groups in total. The number of carbonyl (C=O) groups excluding carboxylic acids is 2. The predicted molar refractivity (Wildman–Crippen MR) is 97.3 cm³/mol. The van der Waals surface area contributed by atoms with E-state index in [0.29, 0.717) is 11.8 Å². The number of anilines is 1. The first kappa shape index (κ1) is 21.6. The predicted octanol–water partition coefficient (Wildman–Crippen LogP) is 4.62. The van der Waals surface area contributed by atoms with Crippen LogP contribution in [0.25, 0.3) is 0 Å². The summed E-state index contributed by atoms with van der Waals surface area (Å²) >= 11 is 5.82. The van der Waals surface area contributed by atoms with Gasteiger partial charge in [-0.15, -0.1) is 0 Å². The molecular formula is C19H17ClF3NO4. The summed E-state index contributed by atoms with van der Waals surface area (Å²) in [5.74, 6) is -1.14. The molecule has 0 bridgehead atoms. The van der Waals surface area contributed by atoms with Gasteiger partial charge >= 0.3 is 12.1 Å². The van der Waals surface area contributed by atoms with E-state index in [4.69, 9.17) is 21.1 Å². The molecule has 0 radical (unpaired) electrons. The lowest BCUT2D eigenvalue weighted by atomic mass is 10.2. The maximum absolute atomic E-state index is 12.8. The molecule has 5 nitrogen and oxygen atoms in total. The fourth-order valence-corrected chi connectivity index (χ4v) is 2.34. The second-order valence-corrected chi connectivity index (χ2v) is 6.28. The number of benzene rings is 2. The van der Waals surface area contributed by atoms with E-state index in [1.54, 1.807) is 25.1 Å². The van der Waals surface area contributed by atoms with Crippen molar-refractivity contribution in [2.75, 3.05) is 11.9 Å². The van der Waals surface area contributed by atoms with Crippen molar-refractivity contribution >= 4 is 29.2 Å². The number of para-hydroxylation sites is 1. The molecule has 9 heteroatoms. The number of hydrogen-bond donors (Lipinski definition) is 1. The number of aryl methyl sites for hydroxylation is 1. The number of rotatable bonds is 6. The highest BCUT2D eigenvalue weighted by atomic mass is 35.5. The monoisotopic (exact) mass is 415 g/mol. The van der Waals surface area contributed by atoms with Crippen molar-refractivity contribution in [3.8, 4) is 5.75 Å². The Hall–Kier alpha value is -2.74. The minimum atomic E-state index is -4.59. The Morgan fingerprint density at radius 1 is 1.18 bits per heavy atom. The Morgan fingerprint density at radius 2 is 1.86 bits per heavy atom. The summed E-state index contributed by atoms with van der Waals surface area (Å²) in [6, 6.07) is 9.55. The number of amides is 1. The molecule has 2 rings (SSSR count). The van der Waals surface area contributed by atoms with Crippen molar-refractivity contribution in [2.24, 2.45) is 0 Å². The van der Waals surface area contributed by atoms with E-state index < -0.39 is 36.3 Å². The molecule has 0 aliphatic heterocycles. The number of carbonyl (C=O) groups is 2. The van der Waals surface area contributed by atoms with Gasteiger partial charge in [0.1, 0.15) is 5.75 Å². The van der Waals surface area contributed by atoms with Gasteiger partial charge < -0.3 is 14.8 Å². The van der Waals surface area contributed by atoms with Gasteiger partial charge in [0.05, 0.1) is 16.3 Å². The maximum Gasteiger partial charge on any atom is 0.416 e. The lowest BCUT2D eigenvalue weighted by molar-refractivity contribution is -0.155. The van der Waals surface area contributed by atoms with Crippen molar-refractivity contribution in [3.05, 3.63) is 58.6 Å². The van der Waals surface area contributed by atoms with Crippen LogP contribution in [0.1, 0.15) is 18.1 Å². The molecule has 0 aliphatic rings. The Balaban J connectivity index is 1.94. The molecule has 150 valence electrons. The molecule has 2 aromatic rings. The van der Waals surface area contributed by atoms with Crippen molar-refractivity contribution in [1.29, 1.82) is 0 Å². The zero-order valence-electron chi connectivity index (χ0n) is 15.0. The third-order valence-electron chi connectivity index (χ3n) is 3.67. The second kappa shape index (κ2) is 8.97. The molecule has 0 saturated carbocycles. The highest BCUT2D eigenvalue weighted by Gasteiger charge is 2.31. The molecule has 0 fully saturated rings. The maximum atomic E-state index is 12.8. The van der Waals surface area contributed by atoms with Gasteiger partial charge in [0.15, 0.2) is 12.7 Å². The molecule has 0 saturated heterocycles. The number of alkyl halides is 3. The van der Waals surface area contributed by atoms with Crippen LogP contribution in [0.4, 0.5) is 18.9 Å². The number of ether oxygens (including phenoxy) is 2. The fourth-order valence-electron chi connectivity index (χ4n) is 2.17. The van der Waals surface area contributed by atoms with Crippen LogP contribution in [0.5, 0.6) is 5.75 Å². The minimum absolute atomic E-state index is 0.0808. The van der Waals surface area contributed by atoms with Crippen LogP contribution in [0.2, 0.25) is 5.02 Å². The third-order valence-corrected chi connectivity index (χ3v) is 4.00. The van der Waals surface area contributed by atoms with Crippen molar-refractivity contribution in [2.45, 2.75) is 26.1 Å². The fraction of sp³-hybridized carbons (Fsp3) is 0.263. The van der Waals surface area contributed by atoms with Gasteiger partial charge in [0, 0.05) is 0 Å². The number of hydrogen-bond acceptors (Lipinski definition) is 4. The van der Waals surface area contributed by atoms with Crippen LogP contribution in [0.15, 0.2) is 42.5 Å². The van der Waals surface area contributed by atoms with Crippen molar-refractivity contribution < 1.29 is 32.2 Å². The second-order valence-electron chi connectivity index (χ2n) is 5.87. The Morgan fingerprint density at radius 3 is 2.50 bits per heavy atom. The van der Waals surface area contributed by atoms with Crippen LogP contribution < -0.4 is 10.1 Å². The topological polar surface area (TPSA) is 64.6 Å². The highest BCUT2D eigenvalue weighted by molar-refractivity contribution is 6.33. The van der Waals surface area contributed by atoms with Crippen LogP contribution >= 0.6 is 11.6 Å². The first-order valence-electron chi connectivity index (χ1n) is 8.13. The summed E-state index contributed by atoms with van der Waals surface area (Å²) in [5.41, 5.74) is -0.385. The lowest BCUT2D eigenvalue weighted by Crippen LogP contribution is -2.31. The van der Waals surface area contributed by atoms with E-state index in [1.165, 1.54) is 6.92 Å². The van der Waals surface area contributed by atoms with Crippen LogP contribution in [0, 0.1) is 6.92 Å². The van der Waals surface area contributed by atoms with Gasteiger partial charge in [-0.1, -0.05) is 29.8 Å². The smallest absolute Gasteiger partial charge is 0.416 e. The normalized spacial score (nSPS) is 12.2. The van der Waals surface area contributed by atoms with Crippen LogP contribution in [-0.2, 0) is 20.5 Å². The molecule has 0 spiro atoms. The SMILES string of the molecule is Cc1ccccc1OCC(=O)O[C@H](C)C(=O)Nc1cc(C(F)(F)F)ccc1Cl. The van der Waals surface area contributed by atoms with E-state index in [-0.39, 0.29) is 10.7 Å². The van der Waals surface area contributed by atoms with Crippen LogP contribution in [0.3, 0.4) is 0 Å². The first-order valence-corrected chi connectivity index (χ1v) is 8.51. The van der Waals surface area contributed by atoms with Crippen molar-refractivity contribution in [3.63, 3.8) is 0 Å². The van der Waals surface area contributed by atoms with Gasteiger partial charge in [0.2, 0.25) is 0 Å². The van der Waals surface area contributed by atoms with E-state index in [2.05, 4.69) is 5.32 Å². The molecule has 2 aromatic carbocycles. The van der Waals surface area contributed by atoms with E-state index in [1.807, 2.05) is 6.07 Å². The summed E-state index contributed by atoms with van der Waals surface area (Å²) in [6.07, 6.45) is -5.85. The number of halogens is 4. The van der Waals surface area contributed by atoms with E-state index >= 15 is 0 Å². The lowest BCUT2D eigenvalue weighted by Gasteiger charge is -2.16. The molecule has 28 heavy (non-hydrogen) atoms. The Kier molecular flexibility index (Phi) is 6.90. The quantitative estimate of drug-likeness (QED) is 0.699. The average molecular weight is 416 g/mol. The van der Waals surface area contributed by atoms with Crippen LogP contribution in [-0.4, -0.2) is 24.6 Å². The Bertz CT molecular complexity index is 870. The zero-order valence-corrected chi connectivity index (χ0v) is 15.7. The number of esters is 1. The van der Waals surface area contributed by atoms with Gasteiger partial charge in [-0.3, -0.25) is 4.79 Å². The van der Waals surface area contributed by atoms with E-state index in [0.717, 1.165) is 17.7 Å². The average Bonchev–Trinajstić information content (AvgIpc) is 2.61. The Labute approximate surface area is 164 Å². The van der Waals surface area contributed by atoms with Crippen molar-refractivity contribution in [1.82, 2.24) is 0 Å². The summed E-state index contributed by atoms with van der Waals surface area (Å²) in [4.78, 5) is 24.0. The summed E-state index contributed by atoms with van der Waals surface area (Å²) in [5, 5.41) is 2.14. The molecule has 0 heterocycles. The van der Waals surface area contributed by atoms with Gasteiger partial charge in [-0.2, -0.15) is 13.2 Å². The first-order chi connectivity index (χ1) is 13.1. The summed E-state index contributed by atoms with van der Waals surface area (Å²) < 4.78 is 48.6. The zero-order chi connectivity index (χ0) is 20.9. The minimum Gasteiger partial charge on any atom is -0.482 e. The molecule has 1 amide bonds. The molecular weight excluding hydrogens is 399 g/mol. The molecule has 0 unspecified atom stereocenters. The standard InChI is InChI=1S/C19H17ClF3NO4/c1-11-5-3-4-6-16(11)27-10-17(25)28-12(2)18(26)24-15-9-13(19(21,22)23)7-8-14(15)20/h3-9,12H,10H2,1-2H3,(H,24,26)/t12-/m1/s1. The summed E-state index contributed by atoms with van der Waals surface area (Å²) in [7, 11) is 0. The molecule has 1 atom stereocenters. The summed E-state index contributed by atoms with van der Waals surface area (Å²) in [6.45, 7) is 2.66. The largest absolute Gasteiger partial charge is 0.482 e. The molecule has 0 aromatic heterocycles. The molecule has 0 aliphatic carbocycles. The number of nitrogens with one attached hydrogen (secondary N) is 1. The third kappa shape index (κ3) is 5.88. The van der Waals surface area contributed by atoms with Gasteiger partial charge in [-0.05, 0) is 43.7 Å². The van der Waals surface area contributed by atoms with Gasteiger partial charge in [-0.25, -0.2) is 4.79 Å². The van der Waals surface area contributed by atoms with E-state index in [9.17, 15) is 22.8 Å². The van der Waals surface area contributed by atoms with Gasteiger partial charge in [0.25, 0.3) is 5.91 Å². The highest BCUT2D eigenvalue weighted by Crippen LogP contribution is 2.33.